The monoisotopic (exact) mass is 180 g/mol. The van der Waals surface area contributed by atoms with Gasteiger partial charge in [0.1, 0.15) is 6.07 Å². The van der Waals surface area contributed by atoms with Gasteiger partial charge in [-0.2, -0.15) is 10.5 Å². The summed E-state index contributed by atoms with van der Waals surface area (Å²) in [7, 11) is 0. The van der Waals surface area contributed by atoms with Crippen LogP contribution in [0.25, 0.3) is 0 Å². The molecule has 0 rings (SSSR count). The van der Waals surface area contributed by atoms with Gasteiger partial charge >= 0.3 is 0 Å². The highest BCUT2D eigenvalue weighted by atomic mass is 16.7. The Balaban J connectivity index is 4.22. The molecule has 0 saturated heterocycles. The molecule has 0 saturated carbocycles. The summed E-state index contributed by atoms with van der Waals surface area (Å²) in [6.45, 7) is 6.31. The third-order valence-electron chi connectivity index (χ3n) is 1.10. The van der Waals surface area contributed by atoms with E-state index >= 15 is 0 Å². The third kappa shape index (κ3) is 4.76. The molecule has 0 atom stereocenters. The average molecular weight is 180 g/mol. The predicted octanol–water partition coefficient (Wildman–Crippen LogP) is 1.97. The number of nitrogens with zero attached hydrogens (tertiary/aromatic N) is 4. The van der Waals surface area contributed by atoms with E-state index in [0.717, 1.165) is 0 Å². The van der Waals surface area contributed by atoms with Crippen LogP contribution in [0.5, 0.6) is 0 Å². The first-order chi connectivity index (χ1) is 5.83. The van der Waals surface area contributed by atoms with Crippen LogP contribution < -0.4 is 0 Å². The first-order valence-corrected chi connectivity index (χ1v) is 3.76. The Labute approximate surface area is 77.6 Å². The second-order valence-corrected chi connectivity index (χ2v) is 3.57. The van der Waals surface area contributed by atoms with Crippen LogP contribution in [-0.2, 0) is 4.84 Å². The van der Waals surface area contributed by atoms with Gasteiger partial charge in [0.2, 0.25) is 5.60 Å². The van der Waals surface area contributed by atoms with Gasteiger partial charge in [-0.1, -0.05) is 0 Å². The fourth-order valence-electron chi connectivity index (χ4n) is 0.267. The van der Waals surface area contributed by atoms with Gasteiger partial charge in [-0.3, -0.25) is 0 Å². The van der Waals surface area contributed by atoms with E-state index in [0.29, 0.717) is 0 Å². The minimum absolute atomic E-state index is 0.911. The van der Waals surface area contributed by atoms with Gasteiger partial charge in [-0.15, -0.1) is 5.11 Å². The molecule has 0 heterocycles. The Kier molecular flexibility index (Phi) is 3.38. The summed E-state index contributed by atoms with van der Waals surface area (Å²) in [5.74, 6) is 0. The topological polar surface area (TPSA) is 81.5 Å². The number of hydrogen-bond donors (Lipinski definition) is 0. The minimum atomic E-state index is -1.00. The molecule has 0 aliphatic heterocycles. The van der Waals surface area contributed by atoms with Crippen molar-refractivity contribution in [3.05, 3.63) is 0 Å². The Bertz CT molecular complexity index is 279. The third-order valence-corrected chi connectivity index (χ3v) is 1.10. The maximum atomic E-state index is 8.56. The number of nitriles is 2. The van der Waals surface area contributed by atoms with Crippen molar-refractivity contribution in [3.63, 3.8) is 0 Å². The van der Waals surface area contributed by atoms with Crippen molar-refractivity contribution in [2.45, 2.75) is 38.8 Å². The molecule has 0 unspecified atom stereocenters. The van der Waals surface area contributed by atoms with Gasteiger partial charge in [-0.05, 0) is 27.7 Å². The summed E-state index contributed by atoms with van der Waals surface area (Å²) in [6, 6.07) is 3.81. The SMILES string of the molecule is CC(C)(C#N)N=NOC(C)(C)C#N. The van der Waals surface area contributed by atoms with E-state index in [4.69, 9.17) is 15.4 Å². The molecular formula is C8H12N4O. The minimum Gasteiger partial charge on any atom is -0.358 e. The summed E-state index contributed by atoms with van der Waals surface area (Å²) >= 11 is 0. The first kappa shape index (κ1) is 11.4. The average Bonchev–Trinajstić information content (AvgIpc) is 2.04. The highest BCUT2D eigenvalue weighted by Gasteiger charge is 2.20. The van der Waals surface area contributed by atoms with Gasteiger partial charge in [0, 0.05) is 5.28 Å². The number of rotatable bonds is 3. The summed E-state index contributed by atoms with van der Waals surface area (Å²) in [6.07, 6.45) is 0. The summed E-state index contributed by atoms with van der Waals surface area (Å²) in [5, 5.41) is 24.0. The van der Waals surface area contributed by atoms with E-state index in [9.17, 15) is 0 Å². The van der Waals surface area contributed by atoms with E-state index in [1.807, 2.05) is 12.1 Å². The lowest BCUT2D eigenvalue weighted by molar-refractivity contribution is 0.0117. The molecule has 13 heavy (non-hydrogen) atoms. The van der Waals surface area contributed by atoms with Crippen molar-refractivity contribution in [1.29, 1.82) is 10.5 Å². The quantitative estimate of drug-likeness (QED) is 0.491. The van der Waals surface area contributed by atoms with Crippen LogP contribution in [0, 0.1) is 22.7 Å². The maximum Gasteiger partial charge on any atom is 0.218 e. The van der Waals surface area contributed by atoms with Crippen molar-refractivity contribution in [1.82, 2.24) is 0 Å². The molecule has 5 heteroatoms. The van der Waals surface area contributed by atoms with Crippen LogP contribution in [0.15, 0.2) is 10.4 Å². The van der Waals surface area contributed by atoms with E-state index in [1.54, 1.807) is 27.7 Å². The van der Waals surface area contributed by atoms with Gasteiger partial charge in [0.15, 0.2) is 5.54 Å². The van der Waals surface area contributed by atoms with Crippen LogP contribution in [-0.4, -0.2) is 11.1 Å². The van der Waals surface area contributed by atoms with Crippen LogP contribution in [0.1, 0.15) is 27.7 Å². The highest BCUT2D eigenvalue weighted by Crippen LogP contribution is 2.11. The van der Waals surface area contributed by atoms with E-state index < -0.39 is 11.1 Å². The van der Waals surface area contributed by atoms with Crippen LogP contribution in [0.3, 0.4) is 0 Å². The summed E-state index contributed by atoms with van der Waals surface area (Å²) in [5.41, 5.74) is -1.92. The van der Waals surface area contributed by atoms with Gasteiger partial charge in [0.25, 0.3) is 0 Å². The molecule has 0 aromatic carbocycles. The van der Waals surface area contributed by atoms with Crippen molar-refractivity contribution in [2.75, 3.05) is 0 Å². The van der Waals surface area contributed by atoms with Crippen molar-refractivity contribution >= 4 is 0 Å². The zero-order valence-electron chi connectivity index (χ0n) is 8.20. The van der Waals surface area contributed by atoms with Crippen molar-refractivity contribution < 1.29 is 4.84 Å². The van der Waals surface area contributed by atoms with Gasteiger partial charge in [0.05, 0.1) is 6.07 Å². The van der Waals surface area contributed by atoms with E-state index in [1.165, 1.54) is 0 Å². The standard InChI is InChI=1S/C8H12N4O/c1-7(2,5-9)11-12-13-8(3,4)6-10/h1-4H3. The van der Waals surface area contributed by atoms with E-state index in [-0.39, 0.29) is 0 Å². The molecule has 0 fully saturated rings. The van der Waals surface area contributed by atoms with Crippen molar-refractivity contribution in [3.8, 4) is 12.1 Å². The lowest BCUT2D eigenvalue weighted by Gasteiger charge is -2.12. The Morgan fingerprint density at radius 1 is 1.08 bits per heavy atom. The Morgan fingerprint density at radius 3 is 2.00 bits per heavy atom. The molecule has 5 nitrogen and oxygen atoms in total. The van der Waals surface area contributed by atoms with Crippen LogP contribution >= 0.6 is 0 Å². The lowest BCUT2D eigenvalue weighted by Crippen LogP contribution is -2.19. The fraction of sp³-hybridized carbons (Fsp3) is 0.750. The van der Waals surface area contributed by atoms with Crippen LogP contribution in [0.4, 0.5) is 0 Å². The van der Waals surface area contributed by atoms with Crippen LogP contribution in [0.2, 0.25) is 0 Å². The second kappa shape index (κ2) is 3.86. The molecule has 0 bridgehead atoms. The first-order valence-electron chi connectivity index (χ1n) is 3.76. The smallest absolute Gasteiger partial charge is 0.218 e. The normalized spacial score (nSPS) is 12.2. The molecule has 70 valence electrons. The predicted molar refractivity (Wildman–Crippen MR) is 45.3 cm³/mol. The van der Waals surface area contributed by atoms with E-state index in [2.05, 4.69) is 10.4 Å². The molecule has 0 N–H and O–H groups in total. The van der Waals surface area contributed by atoms with Crippen molar-refractivity contribution in [2.24, 2.45) is 10.4 Å². The molecule has 0 aliphatic rings. The number of hydrogen-bond acceptors (Lipinski definition) is 5. The molecule has 0 radical (unpaired) electrons. The van der Waals surface area contributed by atoms with Gasteiger partial charge in [-0.25, -0.2) is 0 Å². The Morgan fingerprint density at radius 2 is 1.62 bits per heavy atom. The maximum absolute atomic E-state index is 8.56. The largest absolute Gasteiger partial charge is 0.358 e. The molecule has 0 aromatic heterocycles. The second-order valence-electron chi connectivity index (χ2n) is 3.57. The zero-order valence-corrected chi connectivity index (χ0v) is 8.20. The van der Waals surface area contributed by atoms with Gasteiger partial charge < -0.3 is 4.84 Å². The molecule has 0 aromatic rings. The summed E-state index contributed by atoms with van der Waals surface area (Å²) < 4.78 is 0. The fourth-order valence-corrected chi connectivity index (χ4v) is 0.267. The molecule has 0 amide bonds. The Hall–Kier alpha value is -1.62. The molecule has 0 spiro atoms. The highest BCUT2D eigenvalue weighted by molar-refractivity contribution is 4.99. The summed E-state index contributed by atoms with van der Waals surface area (Å²) in [4.78, 5) is 4.76. The zero-order chi connectivity index (χ0) is 10.5. The molecule has 0 aliphatic carbocycles. The molecular weight excluding hydrogens is 168 g/mol. The lowest BCUT2D eigenvalue weighted by atomic mass is 10.1.